The molecule has 0 radical (unpaired) electrons. The number of thioether (sulfide) groups is 1. The van der Waals surface area contributed by atoms with Crippen LogP contribution in [0.5, 0.6) is 0 Å². The van der Waals surface area contributed by atoms with Crippen LogP contribution in [0.2, 0.25) is 0 Å². The first kappa shape index (κ1) is 31.0. The summed E-state index contributed by atoms with van der Waals surface area (Å²) in [5.41, 5.74) is 2.45. The Morgan fingerprint density at radius 1 is 0.766 bits per heavy atom. The van der Waals surface area contributed by atoms with E-state index in [0.29, 0.717) is 22.8 Å². The molecule has 0 saturated heterocycles. The van der Waals surface area contributed by atoms with Gasteiger partial charge in [-0.05, 0) is 70.9 Å². The summed E-state index contributed by atoms with van der Waals surface area (Å²) >= 11 is 1.31. The number of para-hydroxylation sites is 1. The molecule has 1 aliphatic rings. The van der Waals surface area contributed by atoms with Gasteiger partial charge in [-0.15, -0.1) is 11.8 Å². The van der Waals surface area contributed by atoms with Crippen molar-refractivity contribution in [2.75, 3.05) is 16.1 Å². The van der Waals surface area contributed by atoms with Gasteiger partial charge in [0.05, 0.1) is 17.9 Å². The summed E-state index contributed by atoms with van der Waals surface area (Å²) < 4.78 is 0. The minimum Gasteiger partial charge on any atom is -0.321 e. The molecule has 5 aromatic carbocycles. The smallest absolute Gasteiger partial charge is 0.272 e. The minimum absolute atomic E-state index is 0.0163. The minimum atomic E-state index is -0.488. The van der Waals surface area contributed by atoms with Gasteiger partial charge in [-0.2, -0.15) is 10.1 Å². The lowest BCUT2D eigenvalue weighted by Gasteiger charge is -2.12. The first-order valence-corrected chi connectivity index (χ1v) is 15.8. The van der Waals surface area contributed by atoms with Crippen molar-refractivity contribution < 1.29 is 19.2 Å². The van der Waals surface area contributed by atoms with E-state index >= 15 is 0 Å². The third-order valence-corrected chi connectivity index (χ3v) is 8.21. The van der Waals surface area contributed by atoms with E-state index < -0.39 is 11.8 Å². The van der Waals surface area contributed by atoms with Crippen LogP contribution in [-0.4, -0.2) is 35.2 Å². The second kappa shape index (κ2) is 14.4. The number of anilines is 2. The maximum Gasteiger partial charge on any atom is 0.272 e. The molecule has 1 aliphatic heterocycles. The number of amidine groups is 1. The van der Waals surface area contributed by atoms with Crippen LogP contribution < -0.4 is 21.0 Å². The summed E-state index contributed by atoms with van der Waals surface area (Å²) in [6.45, 7) is 0. The van der Waals surface area contributed by atoms with Crippen molar-refractivity contribution in [1.29, 1.82) is 0 Å². The zero-order chi connectivity index (χ0) is 32.6. The van der Waals surface area contributed by atoms with Crippen molar-refractivity contribution in [3.8, 4) is 0 Å². The molecule has 0 unspecified atom stereocenters. The molecule has 0 fully saturated rings. The zero-order valence-corrected chi connectivity index (χ0v) is 25.9. The predicted octanol–water partition coefficient (Wildman–Crippen LogP) is 6.21. The second-order valence-electron chi connectivity index (χ2n) is 10.5. The Balaban J connectivity index is 1.10. The van der Waals surface area contributed by atoms with E-state index in [1.807, 2.05) is 66.7 Å². The summed E-state index contributed by atoms with van der Waals surface area (Å²) in [6, 6.07) is 38.4. The van der Waals surface area contributed by atoms with Gasteiger partial charge >= 0.3 is 0 Å². The molecule has 0 spiro atoms. The number of rotatable bonds is 9. The van der Waals surface area contributed by atoms with Gasteiger partial charge in [0.2, 0.25) is 5.91 Å². The molecule has 0 aromatic heterocycles. The van der Waals surface area contributed by atoms with Crippen molar-refractivity contribution in [3.63, 3.8) is 0 Å². The number of carbonyl (C=O) groups is 4. The molecule has 47 heavy (non-hydrogen) atoms. The molecule has 0 aliphatic carbocycles. The number of hydrogen-bond donors (Lipinski definition) is 3. The zero-order valence-electron chi connectivity index (χ0n) is 25.1. The van der Waals surface area contributed by atoms with Crippen LogP contribution in [0.15, 0.2) is 143 Å². The number of hydrogen-bond acceptors (Lipinski definition) is 6. The molecule has 1 heterocycles. The maximum atomic E-state index is 13.5. The Morgan fingerprint density at radius 3 is 2.21 bits per heavy atom. The molecule has 5 aromatic rings. The third kappa shape index (κ3) is 7.81. The number of nitrogens with one attached hydrogen (secondary N) is 3. The van der Waals surface area contributed by atoms with Crippen molar-refractivity contribution in [2.24, 2.45) is 5.10 Å². The molecule has 9 nitrogen and oxygen atoms in total. The molecule has 10 heteroatoms. The maximum absolute atomic E-state index is 13.5. The van der Waals surface area contributed by atoms with E-state index in [-0.39, 0.29) is 29.7 Å². The van der Waals surface area contributed by atoms with E-state index in [0.717, 1.165) is 21.2 Å². The second-order valence-corrected chi connectivity index (χ2v) is 11.6. The highest BCUT2D eigenvalue weighted by atomic mass is 32.2. The van der Waals surface area contributed by atoms with Gasteiger partial charge < -0.3 is 16.0 Å². The first-order chi connectivity index (χ1) is 22.9. The Bertz CT molecular complexity index is 2010. The average molecular weight is 640 g/mol. The van der Waals surface area contributed by atoms with Crippen LogP contribution >= 0.6 is 11.8 Å². The molecule has 0 saturated carbocycles. The van der Waals surface area contributed by atoms with Crippen LogP contribution in [0.3, 0.4) is 0 Å². The van der Waals surface area contributed by atoms with E-state index in [2.05, 4.69) is 21.1 Å². The van der Waals surface area contributed by atoms with Gasteiger partial charge in [-0.3, -0.25) is 19.2 Å². The van der Waals surface area contributed by atoms with Crippen molar-refractivity contribution in [3.05, 3.63) is 144 Å². The van der Waals surface area contributed by atoms with E-state index in [1.165, 1.54) is 16.8 Å². The fourth-order valence-electron chi connectivity index (χ4n) is 4.92. The van der Waals surface area contributed by atoms with E-state index in [4.69, 9.17) is 0 Å². The van der Waals surface area contributed by atoms with Crippen LogP contribution in [-0.2, 0) is 14.4 Å². The normalized spacial score (nSPS) is 12.9. The monoisotopic (exact) mass is 639 g/mol. The molecule has 6 rings (SSSR count). The molecular weight excluding hydrogens is 611 g/mol. The topological polar surface area (TPSA) is 120 Å². The van der Waals surface area contributed by atoms with E-state index in [9.17, 15) is 19.2 Å². The Morgan fingerprint density at radius 2 is 1.45 bits per heavy atom. The molecule has 4 amide bonds. The Labute approximate surface area is 275 Å². The highest BCUT2D eigenvalue weighted by Crippen LogP contribution is 2.24. The average Bonchev–Trinajstić information content (AvgIpc) is 3.47. The van der Waals surface area contributed by atoms with Crippen molar-refractivity contribution in [1.82, 2.24) is 10.6 Å². The standard InChI is InChI=1S/C37H29N5O4S/c43-34(40-33-23-35(44)42(41-33)29-15-5-2-6-16-29)24-47-30-20-18-28(19-21-30)38-37(46)32(39-36(45)26-11-3-1-4-12-26)22-27-14-9-13-25-10-7-8-17-31(25)27/h1-22H,23-24H2,(H,38,46)(H,39,45)(H,40,41,43)/b32-22-. The highest BCUT2D eigenvalue weighted by Gasteiger charge is 2.26. The van der Waals surface area contributed by atoms with Crippen LogP contribution in [0, 0.1) is 0 Å². The first-order valence-electron chi connectivity index (χ1n) is 14.8. The quantitative estimate of drug-likeness (QED) is 0.131. The van der Waals surface area contributed by atoms with Crippen LogP contribution in [0.1, 0.15) is 22.3 Å². The predicted molar refractivity (Wildman–Crippen MR) is 186 cm³/mol. The number of hydrazone groups is 1. The number of amides is 4. The SMILES string of the molecule is O=C(CSc1ccc(NC(=O)/C(=C/c2cccc3ccccc23)NC(=O)c2ccccc2)cc1)NC1=NN(c2ccccc2)C(=O)C1. The summed E-state index contributed by atoms with van der Waals surface area (Å²) in [6.07, 6.45) is 1.69. The van der Waals surface area contributed by atoms with Gasteiger partial charge in [0.15, 0.2) is 0 Å². The third-order valence-electron chi connectivity index (χ3n) is 7.19. The molecule has 0 bridgehead atoms. The lowest BCUT2D eigenvalue weighted by atomic mass is 10.0. The number of nitrogens with zero attached hydrogens (tertiary/aromatic N) is 2. The summed E-state index contributed by atoms with van der Waals surface area (Å²) in [5, 5.41) is 15.9. The Kier molecular flexibility index (Phi) is 9.50. The largest absolute Gasteiger partial charge is 0.321 e. The number of carbonyl (C=O) groups excluding carboxylic acids is 4. The fraction of sp³-hybridized carbons (Fsp3) is 0.0541. The van der Waals surface area contributed by atoms with E-state index in [1.54, 1.807) is 66.7 Å². The molecule has 0 atom stereocenters. The molecule has 3 N–H and O–H groups in total. The lowest BCUT2D eigenvalue weighted by molar-refractivity contribution is -0.117. The molecule has 232 valence electrons. The summed E-state index contributed by atoms with van der Waals surface area (Å²) in [5.74, 6) is -0.989. The highest BCUT2D eigenvalue weighted by molar-refractivity contribution is 8.00. The van der Waals surface area contributed by atoms with Gasteiger partial charge in [0, 0.05) is 16.1 Å². The lowest BCUT2D eigenvalue weighted by Crippen LogP contribution is -2.31. The van der Waals surface area contributed by atoms with Gasteiger partial charge in [0.25, 0.3) is 17.7 Å². The van der Waals surface area contributed by atoms with Crippen LogP contribution in [0.4, 0.5) is 11.4 Å². The Hall–Kier alpha value is -6.00. The van der Waals surface area contributed by atoms with Crippen molar-refractivity contribution in [2.45, 2.75) is 11.3 Å². The van der Waals surface area contributed by atoms with Crippen LogP contribution in [0.25, 0.3) is 16.8 Å². The number of fused-ring (bicyclic) bond motifs is 1. The fourth-order valence-corrected chi connectivity index (χ4v) is 5.62. The van der Waals surface area contributed by atoms with Gasteiger partial charge in [0.1, 0.15) is 11.5 Å². The van der Waals surface area contributed by atoms with Gasteiger partial charge in [-0.25, -0.2) is 0 Å². The van der Waals surface area contributed by atoms with Crippen molar-refractivity contribution >= 4 is 69.4 Å². The summed E-state index contributed by atoms with van der Waals surface area (Å²) in [4.78, 5) is 52.3. The molecular formula is C37H29N5O4S. The van der Waals surface area contributed by atoms with Gasteiger partial charge in [-0.1, -0.05) is 78.9 Å². The summed E-state index contributed by atoms with van der Waals surface area (Å²) in [7, 11) is 0. The number of benzene rings is 5.